The summed E-state index contributed by atoms with van der Waals surface area (Å²) in [4.78, 5) is 0. The third-order valence-electron chi connectivity index (χ3n) is 2.11. The molecule has 7 heteroatoms. The lowest BCUT2D eigenvalue weighted by atomic mass is 10.2. The summed E-state index contributed by atoms with van der Waals surface area (Å²) in [6.07, 6.45) is 0.436. The minimum Gasteiger partial charge on any atom is -0.396 e. The minimum absolute atomic E-state index is 0.0140. The van der Waals surface area contributed by atoms with Gasteiger partial charge < -0.3 is 9.84 Å². The van der Waals surface area contributed by atoms with Gasteiger partial charge in [-0.3, -0.25) is 0 Å². The van der Waals surface area contributed by atoms with E-state index < -0.39 is 10.2 Å². The molecule has 0 saturated carbocycles. The van der Waals surface area contributed by atoms with Crippen molar-refractivity contribution < 1.29 is 18.3 Å². The van der Waals surface area contributed by atoms with E-state index in [4.69, 9.17) is 9.84 Å². The van der Waals surface area contributed by atoms with Gasteiger partial charge in [-0.1, -0.05) is 6.92 Å². The fourth-order valence-electron chi connectivity index (χ4n) is 1.11. The van der Waals surface area contributed by atoms with Crippen LogP contribution in [-0.4, -0.2) is 58.3 Å². The summed E-state index contributed by atoms with van der Waals surface area (Å²) in [6.45, 7) is 3.06. The monoisotopic (exact) mass is 254 g/mol. The molecule has 0 rings (SSSR count). The number of methoxy groups -OCH3 is 1. The van der Waals surface area contributed by atoms with Crippen molar-refractivity contribution in [3.8, 4) is 0 Å². The fraction of sp³-hybridized carbons (Fsp3) is 1.00. The molecule has 0 aliphatic rings. The van der Waals surface area contributed by atoms with Crippen LogP contribution in [0.4, 0.5) is 0 Å². The van der Waals surface area contributed by atoms with Crippen molar-refractivity contribution in [1.29, 1.82) is 0 Å². The zero-order valence-electron chi connectivity index (χ0n) is 10.1. The van der Waals surface area contributed by atoms with Crippen LogP contribution in [0.1, 0.15) is 13.3 Å². The van der Waals surface area contributed by atoms with E-state index in [-0.39, 0.29) is 12.5 Å². The van der Waals surface area contributed by atoms with Gasteiger partial charge in [-0.05, 0) is 12.3 Å². The molecule has 6 nitrogen and oxygen atoms in total. The van der Waals surface area contributed by atoms with Crippen LogP contribution < -0.4 is 4.72 Å². The number of hydrogen-bond acceptors (Lipinski definition) is 4. The molecule has 98 valence electrons. The van der Waals surface area contributed by atoms with Crippen LogP contribution >= 0.6 is 0 Å². The Kier molecular flexibility index (Phi) is 7.86. The summed E-state index contributed by atoms with van der Waals surface area (Å²) >= 11 is 0. The first kappa shape index (κ1) is 15.8. The number of aliphatic hydroxyl groups excluding tert-OH is 1. The highest BCUT2D eigenvalue weighted by molar-refractivity contribution is 7.87. The second-order valence-electron chi connectivity index (χ2n) is 3.81. The van der Waals surface area contributed by atoms with E-state index in [0.29, 0.717) is 26.1 Å². The Morgan fingerprint density at radius 2 is 2.12 bits per heavy atom. The van der Waals surface area contributed by atoms with E-state index in [1.807, 2.05) is 6.92 Å². The summed E-state index contributed by atoms with van der Waals surface area (Å²) in [7, 11) is -0.362. The lowest BCUT2D eigenvalue weighted by Crippen LogP contribution is -2.41. The zero-order valence-corrected chi connectivity index (χ0v) is 11.0. The van der Waals surface area contributed by atoms with Crippen molar-refractivity contribution in [2.45, 2.75) is 13.3 Å². The van der Waals surface area contributed by atoms with Gasteiger partial charge in [0, 0.05) is 40.5 Å². The molecule has 0 aromatic carbocycles. The minimum atomic E-state index is -3.43. The molecule has 1 unspecified atom stereocenters. The Bertz CT molecular complexity index is 269. The lowest BCUT2D eigenvalue weighted by Gasteiger charge is -2.18. The van der Waals surface area contributed by atoms with Gasteiger partial charge in [0.2, 0.25) is 0 Å². The molecule has 0 aromatic rings. The van der Waals surface area contributed by atoms with Crippen LogP contribution in [0.2, 0.25) is 0 Å². The smallest absolute Gasteiger partial charge is 0.279 e. The predicted molar refractivity (Wildman–Crippen MR) is 62.3 cm³/mol. The van der Waals surface area contributed by atoms with Crippen molar-refractivity contribution in [3.63, 3.8) is 0 Å². The number of hydrogen-bond donors (Lipinski definition) is 2. The largest absolute Gasteiger partial charge is 0.396 e. The standard InChI is InChI=1S/C9H22N2O4S/c1-9(8-15-3)7-10-16(13,14)11(2)5-4-6-12/h9-10,12H,4-8H2,1-3H3. The number of aliphatic hydroxyl groups is 1. The third kappa shape index (κ3) is 6.39. The highest BCUT2D eigenvalue weighted by Gasteiger charge is 2.17. The maximum absolute atomic E-state index is 11.6. The number of nitrogens with zero attached hydrogens (tertiary/aromatic N) is 1. The first-order valence-electron chi connectivity index (χ1n) is 5.24. The van der Waals surface area contributed by atoms with E-state index in [1.54, 1.807) is 7.11 Å². The summed E-state index contributed by atoms with van der Waals surface area (Å²) in [5.41, 5.74) is 0. The molecule has 2 N–H and O–H groups in total. The van der Waals surface area contributed by atoms with E-state index in [0.717, 1.165) is 0 Å². The van der Waals surface area contributed by atoms with Crippen LogP contribution in [0.15, 0.2) is 0 Å². The second-order valence-corrected chi connectivity index (χ2v) is 5.67. The van der Waals surface area contributed by atoms with Crippen molar-refractivity contribution in [1.82, 2.24) is 9.03 Å². The van der Waals surface area contributed by atoms with Crippen molar-refractivity contribution in [3.05, 3.63) is 0 Å². The maximum atomic E-state index is 11.6. The van der Waals surface area contributed by atoms with Gasteiger partial charge in [-0.15, -0.1) is 0 Å². The van der Waals surface area contributed by atoms with E-state index in [9.17, 15) is 8.42 Å². The van der Waals surface area contributed by atoms with E-state index >= 15 is 0 Å². The molecule has 0 spiro atoms. The molecular weight excluding hydrogens is 232 g/mol. The van der Waals surface area contributed by atoms with Gasteiger partial charge in [0.1, 0.15) is 0 Å². The normalized spacial score (nSPS) is 14.3. The Balaban J connectivity index is 4.03. The SMILES string of the molecule is COCC(C)CNS(=O)(=O)N(C)CCCO. The first-order chi connectivity index (χ1) is 7.44. The van der Waals surface area contributed by atoms with Crippen LogP contribution in [-0.2, 0) is 14.9 Å². The van der Waals surface area contributed by atoms with Gasteiger partial charge in [-0.25, -0.2) is 4.72 Å². The molecule has 0 heterocycles. The van der Waals surface area contributed by atoms with E-state index in [2.05, 4.69) is 4.72 Å². The van der Waals surface area contributed by atoms with Crippen LogP contribution in [0, 0.1) is 5.92 Å². The van der Waals surface area contributed by atoms with Crippen LogP contribution in [0.3, 0.4) is 0 Å². The summed E-state index contributed by atoms with van der Waals surface area (Å²) in [6, 6.07) is 0. The van der Waals surface area contributed by atoms with Crippen molar-refractivity contribution in [2.24, 2.45) is 5.92 Å². The molecule has 0 aromatic heterocycles. The summed E-state index contributed by atoms with van der Waals surface area (Å²) in [5.74, 6) is 0.131. The molecule has 0 bridgehead atoms. The molecule has 0 saturated heterocycles. The fourth-order valence-corrected chi connectivity index (χ4v) is 2.20. The highest BCUT2D eigenvalue weighted by atomic mass is 32.2. The average Bonchev–Trinajstić information content (AvgIpc) is 2.23. The number of ether oxygens (including phenoxy) is 1. The number of nitrogens with one attached hydrogen (secondary N) is 1. The van der Waals surface area contributed by atoms with Gasteiger partial charge in [0.25, 0.3) is 10.2 Å². The molecule has 0 aliphatic heterocycles. The Labute approximate surface area is 97.8 Å². The van der Waals surface area contributed by atoms with E-state index in [1.165, 1.54) is 11.4 Å². The summed E-state index contributed by atoms with van der Waals surface area (Å²) < 4.78 is 31.9. The summed E-state index contributed by atoms with van der Waals surface area (Å²) in [5, 5.41) is 8.61. The van der Waals surface area contributed by atoms with Crippen LogP contribution in [0.5, 0.6) is 0 Å². The number of rotatable bonds is 9. The van der Waals surface area contributed by atoms with Crippen LogP contribution in [0.25, 0.3) is 0 Å². The molecular formula is C9H22N2O4S. The topological polar surface area (TPSA) is 78.9 Å². The third-order valence-corrected chi connectivity index (χ3v) is 3.64. The molecule has 1 atom stereocenters. The highest BCUT2D eigenvalue weighted by Crippen LogP contribution is 1.98. The quantitative estimate of drug-likeness (QED) is 0.577. The molecule has 0 amide bonds. The molecule has 0 radical (unpaired) electrons. The van der Waals surface area contributed by atoms with Gasteiger partial charge >= 0.3 is 0 Å². The van der Waals surface area contributed by atoms with Gasteiger partial charge in [-0.2, -0.15) is 12.7 Å². The zero-order chi connectivity index (χ0) is 12.6. The molecule has 16 heavy (non-hydrogen) atoms. The Morgan fingerprint density at radius 3 is 2.62 bits per heavy atom. The van der Waals surface area contributed by atoms with Crippen molar-refractivity contribution >= 4 is 10.2 Å². The second kappa shape index (κ2) is 7.97. The first-order valence-corrected chi connectivity index (χ1v) is 6.68. The predicted octanol–water partition coefficient (Wildman–Crippen LogP) is -0.582. The lowest BCUT2D eigenvalue weighted by molar-refractivity contribution is 0.161. The average molecular weight is 254 g/mol. The van der Waals surface area contributed by atoms with Gasteiger partial charge in [0.05, 0.1) is 0 Å². The van der Waals surface area contributed by atoms with Gasteiger partial charge in [0.15, 0.2) is 0 Å². The Morgan fingerprint density at radius 1 is 1.50 bits per heavy atom. The molecule has 0 fully saturated rings. The van der Waals surface area contributed by atoms with Crippen molar-refractivity contribution in [2.75, 3.05) is 40.5 Å². The molecule has 0 aliphatic carbocycles. The maximum Gasteiger partial charge on any atom is 0.279 e. The Hall–Kier alpha value is -0.210.